The van der Waals surface area contributed by atoms with Crippen LogP contribution in [0.15, 0.2) is 0 Å². The standard InChI is InChI=1S/C12H24Cl3O2PS/c1-3-5-7-8-10-18(19,16-9-6-4-2)17-11-12(13,14)15/h3-11H2,1-2H3. The van der Waals surface area contributed by atoms with E-state index in [4.69, 9.17) is 55.7 Å². The summed E-state index contributed by atoms with van der Waals surface area (Å²) in [7, 11) is 0. The van der Waals surface area contributed by atoms with Crippen molar-refractivity contribution in [2.75, 3.05) is 19.4 Å². The SMILES string of the molecule is CCCCCCP(=S)(OCCCC)OCC(Cl)(Cl)Cl. The van der Waals surface area contributed by atoms with Crippen LogP contribution >= 0.6 is 41.3 Å². The van der Waals surface area contributed by atoms with Crippen LogP contribution < -0.4 is 0 Å². The summed E-state index contributed by atoms with van der Waals surface area (Å²) in [5.74, 6) is 0. The van der Waals surface area contributed by atoms with E-state index in [1.807, 2.05) is 0 Å². The number of halogens is 3. The van der Waals surface area contributed by atoms with Crippen molar-refractivity contribution < 1.29 is 9.05 Å². The molecule has 0 rings (SSSR count). The van der Waals surface area contributed by atoms with Crippen LogP contribution in [0.4, 0.5) is 0 Å². The molecule has 19 heavy (non-hydrogen) atoms. The maximum absolute atomic E-state index is 5.77. The van der Waals surface area contributed by atoms with Crippen LogP contribution in [-0.4, -0.2) is 23.2 Å². The Balaban J connectivity index is 4.23. The lowest BCUT2D eigenvalue weighted by Gasteiger charge is -2.24. The zero-order valence-corrected chi connectivity index (χ0v) is 15.6. The summed E-state index contributed by atoms with van der Waals surface area (Å²) in [5.41, 5.74) is 0. The highest BCUT2D eigenvalue weighted by Gasteiger charge is 2.26. The fourth-order valence-electron chi connectivity index (χ4n) is 1.42. The molecule has 0 aromatic rings. The van der Waals surface area contributed by atoms with E-state index < -0.39 is 10.3 Å². The monoisotopic (exact) mass is 368 g/mol. The molecule has 7 heteroatoms. The van der Waals surface area contributed by atoms with Gasteiger partial charge in [0.15, 0.2) is 6.49 Å². The minimum absolute atomic E-state index is 0.00511. The molecule has 0 heterocycles. The topological polar surface area (TPSA) is 18.5 Å². The van der Waals surface area contributed by atoms with Gasteiger partial charge in [0.25, 0.3) is 0 Å². The van der Waals surface area contributed by atoms with E-state index in [1.165, 1.54) is 12.8 Å². The van der Waals surface area contributed by atoms with Crippen molar-refractivity contribution >= 4 is 53.1 Å². The second-order valence-corrected chi connectivity index (χ2v) is 10.8. The summed E-state index contributed by atoms with van der Waals surface area (Å²) < 4.78 is 9.97. The van der Waals surface area contributed by atoms with E-state index in [9.17, 15) is 0 Å². The molecule has 116 valence electrons. The summed E-state index contributed by atoms with van der Waals surface area (Å²) in [5, 5.41) is 0. The lowest BCUT2D eigenvalue weighted by molar-refractivity contribution is 0.246. The molecule has 0 saturated carbocycles. The van der Waals surface area contributed by atoms with Crippen molar-refractivity contribution in [1.82, 2.24) is 0 Å². The molecule has 0 aliphatic rings. The number of hydrogen-bond donors (Lipinski definition) is 0. The van der Waals surface area contributed by atoms with Crippen molar-refractivity contribution in [2.24, 2.45) is 0 Å². The van der Waals surface area contributed by atoms with Crippen molar-refractivity contribution in [1.29, 1.82) is 0 Å². The summed E-state index contributed by atoms with van der Waals surface area (Å²) in [4.78, 5) is 0. The average Bonchev–Trinajstić information content (AvgIpc) is 2.32. The normalized spacial score (nSPS) is 15.4. The van der Waals surface area contributed by atoms with Gasteiger partial charge in [-0.1, -0.05) is 74.3 Å². The second-order valence-electron chi connectivity index (χ2n) is 4.47. The van der Waals surface area contributed by atoms with Crippen LogP contribution in [0.3, 0.4) is 0 Å². The third-order valence-electron chi connectivity index (χ3n) is 2.50. The molecule has 1 atom stereocenters. The predicted octanol–water partition coefficient (Wildman–Crippen LogP) is 6.08. The highest BCUT2D eigenvalue weighted by molar-refractivity contribution is 8.09. The van der Waals surface area contributed by atoms with E-state index in [-0.39, 0.29) is 6.61 Å². The van der Waals surface area contributed by atoms with Gasteiger partial charge in [-0.15, -0.1) is 0 Å². The highest BCUT2D eigenvalue weighted by Crippen LogP contribution is 2.51. The summed E-state index contributed by atoms with van der Waals surface area (Å²) in [6.07, 6.45) is 7.34. The highest BCUT2D eigenvalue weighted by atomic mass is 35.6. The van der Waals surface area contributed by atoms with Crippen LogP contribution in [0.25, 0.3) is 0 Å². The lowest BCUT2D eigenvalue weighted by Crippen LogP contribution is -2.13. The summed E-state index contributed by atoms with van der Waals surface area (Å²) in [6, 6.07) is 0. The Bertz CT molecular complexity index is 272. The predicted molar refractivity (Wildman–Crippen MR) is 90.4 cm³/mol. The van der Waals surface area contributed by atoms with Crippen LogP contribution in [-0.2, 0) is 20.9 Å². The van der Waals surface area contributed by atoms with Gasteiger partial charge in [0.2, 0.25) is 3.79 Å². The molecule has 0 spiro atoms. The Morgan fingerprint density at radius 3 is 2.11 bits per heavy atom. The van der Waals surface area contributed by atoms with E-state index >= 15 is 0 Å². The maximum Gasteiger partial charge on any atom is 0.213 e. The number of unbranched alkanes of at least 4 members (excludes halogenated alkanes) is 4. The molecule has 0 fully saturated rings. The molecule has 0 aliphatic heterocycles. The largest absolute Gasteiger partial charge is 0.329 e. The Hall–Kier alpha value is 1.44. The fraction of sp³-hybridized carbons (Fsp3) is 1.00. The Morgan fingerprint density at radius 1 is 0.947 bits per heavy atom. The van der Waals surface area contributed by atoms with Crippen LogP contribution in [0.2, 0.25) is 0 Å². The molecule has 0 amide bonds. The van der Waals surface area contributed by atoms with Gasteiger partial charge < -0.3 is 9.05 Å². The first kappa shape index (κ1) is 20.4. The Kier molecular flexibility index (Phi) is 11.9. The van der Waals surface area contributed by atoms with Crippen molar-refractivity contribution in [3.63, 3.8) is 0 Å². The van der Waals surface area contributed by atoms with Crippen LogP contribution in [0, 0.1) is 0 Å². The molecule has 1 unspecified atom stereocenters. The van der Waals surface area contributed by atoms with E-state index in [2.05, 4.69) is 13.8 Å². The minimum Gasteiger partial charge on any atom is -0.329 e. The van der Waals surface area contributed by atoms with Crippen LogP contribution in [0.1, 0.15) is 52.4 Å². The third kappa shape index (κ3) is 12.9. The average molecular weight is 370 g/mol. The van der Waals surface area contributed by atoms with Gasteiger partial charge >= 0.3 is 0 Å². The van der Waals surface area contributed by atoms with Gasteiger partial charge in [0.05, 0.1) is 6.61 Å². The maximum atomic E-state index is 5.77. The van der Waals surface area contributed by atoms with Crippen molar-refractivity contribution in [2.45, 2.75) is 56.2 Å². The molecule has 0 radical (unpaired) electrons. The number of rotatable bonds is 11. The van der Waals surface area contributed by atoms with Gasteiger partial charge in [0.1, 0.15) is 6.61 Å². The molecule has 0 aliphatic carbocycles. The molecule has 0 aromatic carbocycles. The quantitative estimate of drug-likeness (QED) is 0.250. The molecule has 0 aromatic heterocycles. The Labute approximate surface area is 137 Å². The molecule has 0 N–H and O–H groups in total. The zero-order chi connectivity index (χ0) is 14.8. The molecular weight excluding hydrogens is 346 g/mol. The van der Waals surface area contributed by atoms with E-state index in [0.717, 1.165) is 31.8 Å². The van der Waals surface area contributed by atoms with Crippen LogP contribution in [0.5, 0.6) is 0 Å². The lowest BCUT2D eigenvalue weighted by atomic mass is 10.2. The van der Waals surface area contributed by atoms with Crippen molar-refractivity contribution in [3.8, 4) is 0 Å². The van der Waals surface area contributed by atoms with E-state index in [1.54, 1.807) is 0 Å². The number of hydrogen-bond acceptors (Lipinski definition) is 3. The third-order valence-corrected chi connectivity index (χ3v) is 5.97. The molecular formula is C12H24Cl3O2PS. The second kappa shape index (κ2) is 11.1. The van der Waals surface area contributed by atoms with Gasteiger partial charge in [0, 0.05) is 6.16 Å². The van der Waals surface area contributed by atoms with E-state index in [0.29, 0.717) is 6.61 Å². The summed E-state index contributed by atoms with van der Waals surface area (Å²) in [6.45, 7) is 2.60. The number of alkyl halides is 3. The zero-order valence-electron chi connectivity index (χ0n) is 11.7. The van der Waals surface area contributed by atoms with Gasteiger partial charge in [-0.05, 0) is 24.6 Å². The first-order chi connectivity index (χ1) is 8.83. The fourth-order valence-corrected chi connectivity index (χ4v) is 4.32. The van der Waals surface area contributed by atoms with Gasteiger partial charge in [-0.25, -0.2) is 0 Å². The summed E-state index contributed by atoms with van der Waals surface area (Å²) >= 11 is 22.6. The first-order valence-corrected chi connectivity index (χ1v) is 10.7. The first-order valence-electron chi connectivity index (χ1n) is 6.78. The van der Waals surface area contributed by atoms with Gasteiger partial charge in [-0.2, -0.15) is 0 Å². The Morgan fingerprint density at radius 2 is 1.58 bits per heavy atom. The smallest absolute Gasteiger partial charge is 0.213 e. The molecule has 2 nitrogen and oxygen atoms in total. The molecule has 0 saturated heterocycles. The van der Waals surface area contributed by atoms with Crippen molar-refractivity contribution in [3.05, 3.63) is 0 Å². The minimum atomic E-state index is -2.31. The molecule has 0 bridgehead atoms. The van der Waals surface area contributed by atoms with Gasteiger partial charge in [-0.3, -0.25) is 0 Å².